The number of carbonyl (C=O) groups is 1. The van der Waals surface area contributed by atoms with Gasteiger partial charge in [0.1, 0.15) is 0 Å². The average molecular weight is 258 g/mol. The van der Waals surface area contributed by atoms with E-state index >= 15 is 0 Å². The Kier molecular flexibility index (Phi) is 3.00. The Morgan fingerprint density at radius 3 is 2.68 bits per heavy atom. The summed E-state index contributed by atoms with van der Waals surface area (Å²) in [7, 11) is 0. The lowest BCUT2D eigenvalue weighted by Crippen LogP contribution is -2.29. The quantitative estimate of drug-likeness (QED) is 0.850. The molecule has 6 heteroatoms. The second kappa shape index (κ2) is 4.81. The van der Waals surface area contributed by atoms with E-state index in [4.69, 9.17) is 0 Å². The lowest BCUT2D eigenvalue weighted by molar-refractivity contribution is 0.0765. The molecule has 1 N–H and O–H groups in total. The molecule has 1 fully saturated rings. The van der Waals surface area contributed by atoms with Gasteiger partial charge in [0, 0.05) is 18.7 Å². The van der Waals surface area contributed by atoms with Gasteiger partial charge in [-0.15, -0.1) is 5.10 Å². The minimum absolute atomic E-state index is 0.0401. The number of β-amino-alcohol motifs (C(OH)–C–C–N with tert-alkyl or cyclic N) is 1. The van der Waals surface area contributed by atoms with Crippen LogP contribution in [0.15, 0.2) is 36.7 Å². The maximum atomic E-state index is 12.2. The van der Waals surface area contributed by atoms with E-state index in [1.807, 2.05) is 12.1 Å². The van der Waals surface area contributed by atoms with Crippen molar-refractivity contribution in [1.29, 1.82) is 0 Å². The van der Waals surface area contributed by atoms with Crippen LogP contribution in [0.2, 0.25) is 0 Å². The number of carbonyl (C=O) groups excluding carboxylic acids is 1. The molecule has 1 amide bonds. The summed E-state index contributed by atoms with van der Waals surface area (Å²) in [5.74, 6) is -0.0401. The van der Waals surface area contributed by atoms with Crippen molar-refractivity contribution in [3.63, 3.8) is 0 Å². The average Bonchev–Trinajstić information content (AvgIpc) is 3.09. The number of likely N-dealkylation sites (tertiary alicyclic amines) is 1. The van der Waals surface area contributed by atoms with E-state index in [-0.39, 0.29) is 5.91 Å². The number of hydrogen-bond donors (Lipinski definition) is 1. The van der Waals surface area contributed by atoms with E-state index in [0.29, 0.717) is 25.1 Å². The van der Waals surface area contributed by atoms with Crippen molar-refractivity contribution in [2.75, 3.05) is 13.1 Å². The molecule has 1 aliphatic rings. The number of amides is 1. The van der Waals surface area contributed by atoms with Crippen molar-refractivity contribution < 1.29 is 9.90 Å². The minimum Gasteiger partial charge on any atom is -0.391 e. The predicted molar refractivity (Wildman–Crippen MR) is 67.9 cm³/mol. The number of aromatic nitrogens is 3. The van der Waals surface area contributed by atoms with Gasteiger partial charge in [-0.1, -0.05) is 5.21 Å². The van der Waals surface area contributed by atoms with Crippen molar-refractivity contribution in [2.45, 2.75) is 12.5 Å². The molecular formula is C13H14N4O2. The van der Waals surface area contributed by atoms with Gasteiger partial charge in [0.2, 0.25) is 0 Å². The number of benzene rings is 1. The van der Waals surface area contributed by atoms with Crippen LogP contribution in [-0.2, 0) is 0 Å². The molecule has 2 aromatic rings. The highest BCUT2D eigenvalue weighted by Gasteiger charge is 2.25. The number of nitrogens with zero attached hydrogens (tertiary/aromatic N) is 4. The van der Waals surface area contributed by atoms with Gasteiger partial charge < -0.3 is 10.0 Å². The van der Waals surface area contributed by atoms with Crippen molar-refractivity contribution in [3.05, 3.63) is 42.2 Å². The number of aliphatic hydroxyl groups excluding tert-OH is 1. The van der Waals surface area contributed by atoms with Crippen molar-refractivity contribution >= 4 is 5.91 Å². The van der Waals surface area contributed by atoms with Crippen LogP contribution in [0.25, 0.3) is 5.69 Å². The molecule has 1 saturated heterocycles. The molecule has 2 heterocycles. The molecule has 3 rings (SSSR count). The third-order valence-electron chi connectivity index (χ3n) is 3.25. The Morgan fingerprint density at radius 1 is 1.32 bits per heavy atom. The summed E-state index contributed by atoms with van der Waals surface area (Å²) in [6, 6.07) is 7.19. The molecule has 1 aromatic heterocycles. The Labute approximate surface area is 110 Å². The molecular weight excluding hydrogens is 244 g/mol. The van der Waals surface area contributed by atoms with Crippen LogP contribution in [0.5, 0.6) is 0 Å². The Morgan fingerprint density at radius 2 is 2.11 bits per heavy atom. The van der Waals surface area contributed by atoms with Crippen molar-refractivity contribution in [1.82, 2.24) is 19.9 Å². The van der Waals surface area contributed by atoms with Gasteiger partial charge >= 0.3 is 0 Å². The summed E-state index contributed by atoms with van der Waals surface area (Å²) in [5.41, 5.74) is 1.48. The fourth-order valence-corrected chi connectivity index (χ4v) is 2.21. The van der Waals surface area contributed by atoms with Gasteiger partial charge in [-0.3, -0.25) is 4.79 Å². The third-order valence-corrected chi connectivity index (χ3v) is 3.25. The first-order chi connectivity index (χ1) is 9.24. The fraction of sp³-hybridized carbons (Fsp3) is 0.308. The SMILES string of the molecule is O=C(c1ccc(-n2ccnn2)cc1)N1CC[C@@H](O)C1. The molecule has 1 atom stereocenters. The molecule has 1 aromatic carbocycles. The second-order valence-corrected chi connectivity index (χ2v) is 4.59. The van der Waals surface area contributed by atoms with Crippen LogP contribution in [0.1, 0.15) is 16.8 Å². The van der Waals surface area contributed by atoms with Crippen molar-refractivity contribution in [2.24, 2.45) is 0 Å². The number of hydrogen-bond acceptors (Lipinski definition) is 4. The van der Waals surface area contributed by atoms with Gasteiger partial charge in [0.25, 0.3) is 5.91 Å². The van der Waals surface area contributed by atoms with Gasteiger partial charge in [-0.05, 0) is 30.7 Å². The van der Waals surface area contributed by atoms with Crippen LogP contribution in [0.4, 0.5) is 0 Å². The Hall–Kier alpha value is -2.21. The molecule has 19 heavy (non-hydrogen) atoms. The van der Waals surface area contributed by atoms with E-state index in [0.717, 1.165) is 5.69 Å². The lowest BCUT2D eigenvalue weighted by Gasteiger charge is -2.15. The number of aliphatic hydroxyl groups is 1. The molecule has 0 radical (unpaired) electrons. The largest absolute Gasteiger partial charge is 0.391 e. The predicted octanol–water partition coefficient (Wildman–Crippen LogP) is 0.474. The standard InChI is InChI=1S/C13H14N4O2/c18-12-5-7-16(9-12)13(19)10-1-3-11(4-2-10)17-8-6-14-15-17/h1-4,6,8,12,18H,5,7,9H2/t12-/m1/s1. The van der Waals surface area contributed by atoms with Crippen LogP contribution in [0, 0.1) is 0 Å². The maximum absolute atomic E-state index is 12.2. The van der Waals surface area contributed by atoms with E-state index < -0.39 is 6.10 Å². The first-order valence-corrected chi connectivity index (χ1v) is 6.18. The first-order valence-electron chi connectivity index (χ1n) is 6.18. The molecule has 0 unspecified atom stereocenters. The normalized spacial score (nSPS) is 18.8. The monoisotopic (exact) mass is 258 g/mol. The second-order valence-electron chi connectivity index (χ2n) is 4.59. The zero-order valence-electron chi connectivity index (χ0n) is 10.3. The third kappa shape index (κ3) is 2.34. The molecule has 0 saturated carbocycles. The Balaban J connectivity index is 1.77. The summed E-state index contributed by atoms with van der Waals surface area (Å²) in [4.78, 5) is 13.8. The summed E-state index contributed by atoms with van der Waals surface area (Å²) in [6.07, 6.45) is 3.61. The highest BCUT2D eigenvalue weighted by Crippen LogP contribution is 2.15. The van der Waals surface area contributed by atoms with E-state index in [1.54, 1.807) is 34.1 Å². The van der Waals surface area contributed by atoms with Crippen LogP contribution in [0.3, 0.4) is 0 Å². The zero-order chi connectivity index (χ0) is 13.2. The maximum Gasteiger partial charge on any atom is 0.253 e. The van der Waals surface area contributed by atoms with Gasteiger partial charge in [0.15, 0.2) is 0 Å². The minimum atomic E-state index is -0.390. The molecule has 0 spiro atoms. The zero-order valence-corrected chi connectivity index (χ0v) is 10.3. The molecule has 98 valence electrons. The van der Waals surface area contributed by atoms with Gasteiger partial charge in [-0.2, -0.15) is 0 Å². The fourth-order valence-electron chi connectivity index (χ4n) is 2.21. The van der Waals surface area contributed by atoms with Crippen LogP contribution in [-0.4, -0.2) is 50.1 Å². The molecule has 6 nitrogen and oxygen atoms in total. The highest BCUT2D eigenvalue weighted by atomic mass is 16.3. The number of rotatable bonds is 2. The topological polar surface area (TPSA) is 71.2 Å². The van der Waals surface area contributed by atoms with Gasteiger partial charge in [0.05, 0.1) is 24.2 Å². The van der Waals surface area contributed by atoms with E-state index in [2.05, 4.69) is 10.3 Å². The summed E-state index contributed by atoms with van der Waals surface area (Å²) in [6.45, 7) is 1.04. The summed E-state index contributed by atoms with van der Waals surface area (Å²) >= 11 is 0. The van der Waals surface area contributed by atoms with Gasteiger partial charge in [-0.25, -0.2) is 4.68 Å². The molecule has 1 aliphatic heterocycles. The lowest BCUT2D eigenvalue weighted by atomic mass is 10.2. The first kappa shape index (κ1) is 11.9. The highest BCUT2D eigenvalue weighted by molar-refractivity contribution is 5.94. The molecule has 0 bridgehead atoms. The summed E-state index contributed by atoms with van der Waals surface area (Å²) < 4.78 is 1.63. The van der Waals surface area contributed by atoms with Crippen LogP contribution < -0.4 is 0 Å². The smallest absolute Gasteiger partial charge is 0.253 e. The summed E-state index contributed by atoms with van der Waals surface area (Å²) in [5, 5.41) is 17.1. The molecule has 0 aliphatic carbocycles. The van der Waals surface area contributed by atoms with E-state index in [9.17, 15) is 9.90 Å². The van der Waals surface area contributed by atoms with E-state index in [1.165, 1.54) is 0 Å². The van der Waals surface area contributed by atoms with Crippen molar-refractivity contribution in [3.8, 4) is 5.69 Å². The Bertz CT molecular complexity index is 565. The van der Waals surface area contributed by atoms with Crippen LogP contribution >= 0.6 is 0 Å².